The average molecular weight is 377 g/mol. The van der Waals surface area contributed by atoms with Gasteiger partial charge < -0.3 is 9.84 Å². The van der Waals surface area contributed by atoms with E-state index in [1.54, 1.807) is 6.07 Å². The molecule has 0 heterocycles. The molecule has 1 aromatic rings. The van der Waals surface area contributed by atoms with Crippen LogP contribution >= 0.6 is 0 Å². The highest BCUT2D eigenvalue weighted by Crippen LogP contribution is 2.29. The van der Waals surface area contributed by atoms with Crippen LogP contribution in [0.2, 0.25) is 0 Å². The van der Waals surface area contributed by atoms with Crippen LogP contribution in [0.5, 0.6) is 5.75 Å². The fourth-order valence-corrected chi connectivity index (χ4v) is 3.52. The third-order valence-corrected chi connectivity index (χ3v) is 5.57. The summed E-state index contributed by atoms with van der Waals surface area (Å²) < 4.78 is 5.88. The third-order valence-electron chi connectivity index (χ3n) is 5.57. The Morgan fingerprint density at radius 3 is 1.78 bits per heavy atom. The van der Waals surface area contributed by atoms with E-state index in [2.05, 4.69) is 6.92 Å². The molecule has 0 saturated carbocycles. The van der Waals surface area contributed by atoms with Crippen molar-refractivity contribution >= 4 is 5.97 Å². The summed E-state index contributed by atoms with van der Waals surface area (Å²) in [4.78, 5) is 11.5. The SMILES string of the molecule is CCCCCCCCCCCCCCOc1c(C(=O)O)cc(C)c(C)c1C. The van der Waals surface area contributed by atoms with Crippen molar-refractivity contribution in [3.05, 3.63) is 28.3 Å². The maximum atomic E-state index is 11.5. The van der Waals surface area contributed by atoms with Crippen molar-refractivity contribution in [1.82, 2.24) is 0 Å². The largest absolute Gasteiger partial charge is 0.492 e. The van der Waals surface area contributed by atoms with E-state index in [-0.39, 0.29) is 5.56 Å². The van der Waals surface area contributed by atoms with Crippen molar-refractivity contribution in [2.24, 2.45) is 0 Å². The van der Waals surface area contributed by atoms with Gasteiger partial charge in [-0.1, -0.05) is 77.6 Å². The van der Waals surface area contributed by atoms with E-state index >= 15 is 0 Å². The van der Waals surface area contributed by atoms with Crippen LogP contribution in [0.1, 0.15) is 111 Å². The van der Waals surface area contributed by atoms with Crippen LogP contribution in [0, 0.1) is 20.8 Å². The van der Waals surface area contributed by atoms with Crippen molar-refractivity contribution in [1.29, 1.82) is 0 Å². The molecular weight excluding hydrogens is 336 g/mol. The Morgan fingerprint density at radius 1 is 0.815 bits per heavy atom. The van der Waals surface area contributed by atoms with Gasteiger partial charge in [-0.3, -0.25) is 0 Å². The molecule has 0 aliphatic rings. The highest BCUT2D eigenvalue weighted by molar-refractivity contribution is 5.92. The lowest BCUT2D eigenvalue weighted by Gasteiger charge is -2.16. The minimum absolute atomic E-state index is 0.287. The van der Waals surface area contributed by atoms with Gasteiger partial charge in [0.1, 0.15) is 11.3 Å². The molecular formula is C24H40O3. The zero-order chi connectivity index (χ0) is 20.1. The molecule has 3 heteroatoms. The lowest BCUT2D eigenvalue weighted by molar-refractivity contribution is 0.0691. The number of carboxylic acid groups (broad SMARTS) is 1. The molecule has 0 radical (unpaired) electrons. The molecule has 3 nitrogen and oxygen atoms in total. The number of ether oxygens (including phenoxy) is 1. The third kappa shape index (κ3) is 8.81. The molecule has 0 aromatic heterocycles. The summed E-state index contributed by atoms with van der Waals surface area (Å²) in [5.41, 5.74) is 3.35. The second-order valence-electron chi connectivity index (χ2n) is 7.86. The van der Waals surface area contributed by atoms with Crippen molar-refractivity contribution in [2.75, 3.05) is 6.61 Å². The quantitative estimate of drug-likeness (QED) is 0.325. The first-order valence-electron chi connectivity index (χ1n) is 11.0. The molecule has 0 fully saturated rings. The van der Waals surface area contributed by atoms with Crippen LogP contribution < -0.4 is 4.74 Å². The number of hydrogen-bond donors (Lipinski definition) is 1. The first-order valence-corrected chi connectivity index (χ1v) is 11.0. The van der Waals surface area contributed by atoms with Crippen molar-refractivity contribution in [3.63, 3.8) is 0 Å². The summed E-state index contributed by atoms with van der Waals surface area (Å²) in [6, 6.07) is 1.72. The number of unbranched alkanes of at least 4 members (excludes halogenated alkanes) is 11. The molecule has 0 aliphatic carbocycles. The van der Waals surface area contributed by atoms with E-state index in [4.69, 9.17) is 4.74 Å². The first kappa shape index (κ1) is 23.5. The lowest BCUT2D eigenvalue weighted by Crippen LogP contribution is -2.08. The number of rotatable bonds is 15. The second-order valence-corrected chi connectivity index (χ2v) is 7.86. The van der Waals surface area contributed by atoms with Crippen LogP contribution in [0.3, 0.4) is 0 Å². The van der Waals surface area contributed by atoms with Crippen LogP contribution in [0.25, 0.3) is 0 Å². The number of aryl methyl sites for hydroxylation is 1. The van der Waals surface area contributed by atoms with Gasteiger partial charge in [0.25, 0.3) is 0 Å². The summed E-state index contributed by atoms with van der Waals surface area (Å²) in [5, 5.41) is 9.43. The average Bonchev–Trinajstić information content (AvgIpc) is 2.64. The monoisotopic (exact) mass is 376 g/mol. The number of hydrogen-bond acceptors (Lipinski definition) is 2. The van der Waals surface area contributed by atoms with E-state index < -0.39 is 5.97 Å². The summed E-state index contributed by atoms with van der Waals surface area (Å²) in [7, 11) is 0. The topological polar surface area (TPSA) is 46.5 Å². The van der Waals surface area contributed by atoms with Crippen LogP contribution in [0.4, 0.5) is 0 Å². The van der Waals surface area contributed by atoms with Gasteiger partial charge in [0.15, 0.2) is 0 Å². The summed E-state index contributed by atoms with van der Waals surface area (Å²) in [6.07, 6.45) is 15.7. The number of aromatic carboxylic acids is 1. The molecule has 0 bridgehead atoms. The Hall–Kier alpha value is -1.51. The molecule has 27 heavy (non-hydrogen) atoms. The van der Waals surface area contributed by atoms with Crippen LogP contribution in [-0.4, -0.2) is 17.7 Å². The molecule has 1 rings (SSSR count). The summed E-state index contributed by atoms with van der Waals surface area (Å²) >= 11 is 0. The fraction of sp³-hybridized carbons (Fsp3) is 0.708. The molecule has 0 unspecified atom stereocenters. The number of carboxylic acids is 1. The normalized spacial score (nSPS) is 11.0. The molecule has 0 aliphatic heterocycles. The maximum Gasteiger partial charge on any atom is 0.339 e. The first-order chi connectivity index (χ1) is 13.0. The van der Waals surface area contributed by atoms with Gasteiger partial charge in [-0.05, 0) is 49.9 Å². The van der Waals surface area contributed by atoms with E-state index in [0.29, 0.717) is 12.4 Å². The highest BCUT2D eigenvalue weighted by atomic mass is 16.5. The van der Waals surface area contributed by atoms with Crippen molar-refractivity contribution in [2.45, 2.75) is 105 Å². The van der Waals surface area contributed by atoms with Gasteiger partial charge in [-0.25, -0.2) is 4.79 Å². The highest BCUT2D eigenvalue weighted by Gasteiger charge is 2.17. The van der Waals surface area contributed by atoms with E-state index in [0.717, 1.165) is 29.5 Å². The Kier molecular flexibility index (Phi) is 11.9. The van der Waals surface area contributed by atoms with Gasteiger partial charge in [-0.15, -0.1) is 0 Å². The second kappa shape index (κ2) is 13.6. The van der Waals surface area contributed by atoms with Gasteiger partial charge in [-0.2, -0.15) is 0 Å². The van der Waals surface area contributed by atoms with Gasteiger partial charge in [0.05, 0.1) is 6.61 Å². The molecule has 0 spiro atoms. The summed E-state index contributed by atoms with van der Waals surface area (Å²) in [6.45, 7) is 8.78. The Bertz CT molecular complexity index is 563. The number of benzene rings is 1. The van der Waals surface area contributed by atoms with E-state index in [9.17, 15) is 9.90 Å². The van der Waals surface area contributed by atoms with Gasteiger partial charge >= 0.3 is 5.97 Å². The maximum absolute atomic E-state index is 11.5. The van der Waals surface area contributed by atoms with Gasteiger partial charge in [0.2, 0.25) is 0 Å². The molecule has 0 atom stereocenters. The smallest absolute Gasteiger partial charge is 0.339 e. The zero-order valence-corrected chi connectivity index (χ0v) is 18.0. The van der Waals surface area contributed by atoms with Crippen LogP contribution in [0.15, 0.2) is 6.07 Å². The molecule has 1 aromatic carbocycles. The Balaban J connectivity index is 2.17. The Morgan fingerprint density at radius 2 is 1.30 bits per heavy atom. The number of carbonyl (C=O) groups is 1. The minimum Gasteiger partial charge on any atom is -0.492 e. The lowest BCUT2D eigenvalue weighted by atomic mass is 9.99. The predicted molar refractivity (Wildman–Crippen MR) is 114 cm³/mol. The minimum atomic E-state index is -0.911. The molecule has 0 amide bonds. The van der Waals surface area contributed by atoms with Gasteiger partial charge in [0, 0.05) is 0 Å². The molecule has 1 N–H and O–H groups in total. The molecule has 154 valence electrons. The van der Waals surface area contributed by atoms with Crippen LogP contribution in [-0.2, 0) is 0 Å². The Labute approximate surface area is 166 Å². The van der Waals surface area contributed by atoms with Crippen molar-refractivity contribution in [3.8, 4) is 5.75 Å². The van der Waals surface area contributed by atoms with E-state index in [1.807, 2.05) is 20.8 Å². The predicted octanol–water partition coefficient (Wildman–Crippen LogP) is 7.39. The van der Waals surface area contributed by atoms with Crippen molar-refractivity contribution < 1.29 is 14.6 Å². The fourth-order valence-electron chi connectivity index (χ4n) is 3.52. The van der Waals surface area contributed by atoms with E-state index in [1.165, 1.54) is 64.2 Å². The molecule has 0 saturated heterocycles. The zero-order valence-electron chi connectivity index (χ0n) is 18.0. The summed E-state index contributed by atoms with van der Waals surface area (Å²) in [5.74, 6) is -0.362. The standard InChI is InChI=1S/C24H40O3/c1-5-6-7-8-9-10-11-12-13-14-15-16-17-27-23-21(4)20(3)19(2)18-22(23)24(25)26/h18H,5-17H2,1-4H3,(H,25,26).